The van der Waals surface area contributed by atoms with Gasteiger partial charge in [0.25, 0.3) is 5.91 Å². The maximum Gasteiger partial charge on any atom is 0.262 e. The third-order valence-electron chi connectivity index (χ3n) is 4.18. The van der Waals surface area contributed by atoms with Crippen molar-refractivity contribution < 1.29 is 18.7 Å². The summed E-state index contributed by atoms with van der Waals surface area (Å²) in [6.07, 6.45) is 2.03. The predicted octanol–water partition coefficient (Wildman–Crippen LogP) is 3.53. The van der Waals surface area contributed by atoms with Crippen molar-refractivity contribution >= 4 is 23.2 Å². The fourth-order valence-corrected chi connectivity index (χ4v) is 3.01. The third kappa shape index (κ3) is 4.20. The van der Waals surface area contributed by atoms with Crippen molar-refractivity contribution in [3.8, 4) is 5.75 Å². The van der Waals surface area contributed by atoms with Crippen LogP contribution < -0.4 is 15.0 Å². The molecule has 0 unspecified atom stereocenters. The number of nitrogens with one attached hydrogen (secondary N) is 1. The van der Waals surface area contributed by atoms with Crippen LogP contribution in [-0.4, -0.2) is 25.0 Å². The van der Waals surface area contributed by atoms with Crippen LogP contribution in [0, 0.1) is 5.82 Å². The van der Waals surface area contributed by atoms with Gasteiger partial charge in [-0.1, -0.05) is 13.0 Å². The molecule has 0 aromatic heterocycles. The second-order valence-electron chi connectivity index (χ2n) is 6.18. The molecule has 136 valence electrons. The van der Waals surface area contributed by atoms with Gasteiger partial charge in [-0.3, -0.25) is 9.59 Å². The Morgan fingerprint density at radius 3 is 2.85 bits per heavy atom. The van der Waals surface area contributed by atoms with Gasteiger partial charge in [-0.15, -0.1) is 0 Å². The zero-order valence-electron chi connectivity index (χ0n) is 14.6. The molecule has 2 aromatic rings. The van der Waals surface area contributed by atoms with Crippen molar-refractivity contribution in [2.45, 2.75) is 26.2 Å². The average Bonchev–Trinajstić information content (AvgIpc) is 2.63. The van der Waals surface area contributed by atoms with Crippen LogP contribution >= 0.6 is 0 Å². The number of anilines is 2. The molecule has 0 radical (unpaired) electrons. The number of carbonyl (C=O) groups excluding carboxylic acids is 2. The minimum atomic E-state index is -0.413. The Bertz CT molecular complexity index is 822. The highest BCUT2D eigenvalue weighted by Crippen LogP contribution is 2.30. The van der Waals surface area contributed by atoms with Crippen LogP contribution in [0.2, 0.25) is 0 Å². The molecule has 6 heteroatoms. The normalized spacial score (nSPS) is 13.3. The number of benzene rings is 2. The summed E-state index contributed by atoms with van der Waals surface area (Å²) in [5, 5.41) is 2.77. The first-order valence-corrected chi connectivity index (χ1v) is 8.68. The van der Waals surface area contributed by atoms with Crippen LogP contribution in [0.15, 0.2) is 42.5 Å². The van der Waals surface area contributed by atoms with Crippen LogP contribution in [0.3, 0.4) is 0 Å². The van der Waals surface area contributed by atoms with Gasteiger partial charge in [0.15, 0.2) is 6.61 Å². The first-order chi connectivity index (χ1) is 12.6. The van der Waals surface area contributed by atoms with E-state index in [0.29, 0.717) is 30.8 Å². The zero-order valence-corrected chi connectivity index (χ0v) is 14.6. The van der Waals surface area contributed by atoms with Crippen LogP contribution in [0.25, 0.3) is 0 Å². The van der Waals surface area contributed by atoms with E-state index in [4.69, 9.17) is 4.74 Å². The number of aryl methyl sites for hydroxylation is 1. The number of amides is 2. The summed E-state index contributed by atoms with van der Waals surface area (Å²) < 4.78 is 18.4. The number of hydrogen-bond acceptors (Lipinski definition) is 3. The van der Waals surface area contributed by atoms with E-state index in [1.165, 1.54) is 18.2 Å². The lowest BCUT2D eigenvalue weighted by atomic mass is 10.00. The van der Waals surface area contributed by atoms with E-state index in [9.17, 15) is 14.0 Å². The van der Waals surface area contributed by atoms with Gasteiger partial charge in [0.05, 0.1) is 0 Å². The first-order valence-electron chi connectivity index (χ1n) is 8.68. The smallest absolute Gasteiger partial charge is 0.262 e. The summed E-state index contributed by atoms with van der Waals surface area (Å²) in [5.41, 5.74) is 2.61. The molecule has 26 heavy (non-hydrogen) atoms. The number of carbonyl (C=O) groups is 2. The Morgan fingerprint density at radius 2 is 2.08 bits per heavy atom. The highest BCUT2D eigenvalue weighted by molar-refractivity contribution is 5.97. The molecule has 2 amide bonds. The minimum Gasteiger partial charge on any atom is -0.484 e. The molecule has 0 bridgehead atoms. The molecule has 0 fully saturated rings. The summed E-state index contributed by atoms with van der Waals surface area (Å²) in [6.45, 7) is 2.52. The topological polar surface area (TPSA) is 58.6 Å². The number of ether oxygens (including phenoxy) is 1. The van der Waals surface area contributed by atoms with E-state index in [1.54, 1.807) is 17.0 Å². The second-order valence-corrected chi connectivity index (χ2v) is 6.18. The van der Waals surface area contributed by atoms with E-state index < -0.39 is 5.82 Å². The standard InChI is InChI=1S/C20H21FN2O3/c1-2-10-23-18-8-7-16(11-14(18)6-9-20(23)25)22-19(24)13-26-17-5-3-4-15(21)12-17/h3-5,7-8,11-12H,2,6,9-10,13H2,1H3,(H,22,24). The number of rotatable bonds is 6. The van der Waals surface area contributed by atoms with E-state index in [0.717, 1.165) is 17.7 Å². The predicted molar refractivity (Wildman–Crippen MR) is 97.9 cm³/mol. The van der Waals surface area contributed by atoms with E-state index in [1.807, 2.05) is 19.1 Å². The fraction of sp³-hybridized carbons (Fsp3) is 0.300. The zero-order chi connectivity index (χ0) is 18.5. The van der Waals surface area contributed by atoms with Crippen molar-refractivity contribution in [2.24, 2.45) is 0 Å². The van der Waals surface area contributed by atoms with Gasteiger partial charge in [0, 0.05) is 30.4 Å². The van der Waals surface area contributed by atoms with Crippen LogP contribution in [0.5, 0.6) is 5.75 Å². The molecule has 2 aromatic carbocycles. The molecule has 0 spiro atoms. The lowest BCUT2D eigenvalue weighted by Crippen LogP contribution is -2.35. The summed E-state index contributed by atoms with van der Waals surface area (Å²) in [6, 6.07) is 11.2. The van der Waals surface area contributed by atoms with Crippen molar-refractivity contribution in [1.82, 2.24) is 0 Å². The van der Waals surface area contributed by atoms with Crippen molar-refractivity contribution in [3.63, 3.8) is 0 Å². The maximum absolute atomic E-state index is 13.1. The summed E-state index contributed by atoms with van der Waals surface area (Å²) in [5.74, 6) is -0.297. The van der Waals surface area contributed by atoms with Crippen LogP contribution in [0.4, 0.5) is 15.8 Å². The molecule has 1 aliphatic rings. The Morgan fingerprint density at radius 1 is 1.23 bits per heavy atom. The second kappa shape index (κ2) is 7.99. The Kier molecular flexibility index (Phi) is 5.51. The molecule has 5 nitrogen and oxygen atoms in total. The molecular weight excluding hydrogens is 335 g/mol. The van der Waals surface area contributed by atoms with E-state index >= 15 is 0 Å². The minimum absolute atomic E-state index is 0.139. The largest absolute Gasteiger partial charge is 0.484 e. The number of hydrogen-bond donors (Lipinski definition) is 1. The highest BCUT2D eigenvalue weighted by Gasteiger charge is 2.23. The van der Waals surface area contributed by atoms with Crippen LogP contribution in [-0.2, 0) is 16.0 Å². The molecule has 1 N–H and O–H groups in total. The monoisotopic (exact) mass is 356 g/mol. The van der Waals surface area contributed by atoms with Gasteiger partial charge in [-0.05, 0) is 48.7 Å². The van der Waals surface area contributed by atoms with Crippen molar-refractivity contribution in [1.29, 1.82) is 0 Å². The average molecular weight is 356 g/mol. The molecule has 0 aliphatic carbocycles. The molecule has 0 atom stereocenters. The molecular formula is C20H21FN2O3. The Hall–Kier alpha value is -2.89. The summed E-state index contributed by atoms with van der Waals surface area (Å²) in [4.78, 5) is 25.9. The van der Waals surface area contributed by atoms with Crippen molar-refractivity contribution in [2.75, 3.05) is 23.4 Å². The van der Waals surface area contributed by atoms with Gasteiger partial charge in [-0.25, -0.2) is 4.39 Å². The molecule has 3 rings (SSSR count). The number of nitrogens with zero attached hydrogens (tertiary/aromatic N) is 1. The van der Waals surface area contributed by atoms with Crippen molar-refractivity contribution in [3.05, 3.63) is 53.8 Å². The van der Waals surface area contributed by atoms with E-state index in [2.05, 4.69) is 5.32 Å². The summed E-state index contributed by atoms with van der Waals surface area (Å²) in [7, 11) is 0. The van der Waals surface area contributed by atoms with Gasteiger partial charge in [0.2, 0.25) is 5.91 Å². The van der Waals surface area contributed by atoms with Gasteiger partial charge < -0.3 is 15.0 Å². The Balaban J connectivity index is 1.63. The quantitative estimate of drug-likeness (QED) is 0.861. The molecule has 0 saturated carbocycles. The Labute approximate surface area is 151 Å². The first kappa shape index (κ1) is 17.9. The lowest BCUT2D eigenvalue weighted by molar-refractivity contribution is -0.119. The molecule has 1 aliphatic heterocycles. The highest BCUT2D eigenvalue weighted by atomic mass is 19.1. The van der Waals surface area contributed by atoms with Gasteiger partial charge in [-0.2, -0.15) is 0 Å². The maximum atomic E-state index is 13.1. The van der Waals surface area contributed by atoms with Gasteiger partial charge >= 0.3 is 0 Å². The summed E-state index contributed by atoms with van der Waals surface area (Å²) >= 11 is 0. The van der Waals surface area contributed by atoms with E-state index in [-0.39, 0.29) is 18.4 Å². The van der Waals surface area contributed by atoms with Crippen LogP contribution in [0.1, 0.15) is 25.3 Å². The molecule has 0 saturated heterocycles. The van der Waals surface area contributed by atoms with Gasteiger partial charge in [0.1, 0.15) is 11.6 Å². The fourth-order valence-electron chi connectivity index (χ4n) is 3.01. The lowest BCUT2D eigenvalue weighted by Gasteiger charge is -2.29. The molecule has 1 heterocycles. The third-order valence-corrected chi connectivity index (χ3v) is 4.18. The SMILES string of the molecule is CCCN1C(=O)CCc2cc(NC(=O)COc3cccc(F)c3)ccc21. The number of halogens is 1. The number of fused-ring (bicyclic) bond motifs is 1.